The lowest BCUT2D eigenvalue weighted by Crippen LogP contribution is -2.45. The Bertz CT molecular complexity index is 119. The topological polar surface area (TPSA) is 15.3 Å². The fourth-order valence-electron chi connectivity index (χ4n) is 2.58. The number of nitrogens with zero attached hydrogens (tertiary/aromatic N) is 1. The molecule has 2 fully saturated rings. The molecule has 1 N–H and O–H groups in total. The van der Waals surface area contributed by atoms with Crippen molar-refractivity contribution in [3.63, 3.8) is 0 Å². The molecule has 13 heavy (non-hydrogen) atoms. The Morgan fingerprint density at radius 3 is 2.54 bits per heavy atom. The third-order valence-electron chi connectivity index (χ3n) is 3.39. The van der Waals surface area contributed by atoms with Crippen LogP contribution in [0.5, 0.6) is 0 Å². The van der Waals surface area contributed by atoms with Crippen molar-refractivity contribution in [3.05, 3.63) is 0 Å². The van der Waals surface area contributed by atoms with Gasteiger partial charge in [0.15, 0.2) is 0 Å². The molecule has 1 saturated carbocycles. The summed E-state index contributed by atoms with van der Waals surface area (Å²) in [4.78, 5) is 0. The van der Waals surface area contributed by atoms with Crippen LogP contribution in [0.3, 0.4) is 0 Å². The SMILES string of the molecule is C1CCC(CN2CCCCN2)CC1. The Morgan fingerprint density at radius 1 is 1.00 bits per heavy atom. The highest BCUT2D eigenvalue weighted by molar-refractivity contribution is 4.70. The molecule has 1 heterocycles. The van der Waals surface area contributed by atoms with E-state index in [1.807, 2.05) is 0 Å². The first kappa shape index (κ1) is 9.47. The van der Waals surface area contributed by atoms with Gasteiger partial charge in [-0.2, -0.15) is 0 Å². The van der Waals surface area contributed by atoms with Gasteiger partial charge in [-0.1, -0.05) is 19.3 Å². The van der Waals surface area contributed by atoms with Gasteiger partial charge in [0, 0.05) is 19.6 Å². The van der Waals surface area contributed by atoms with E-state index >= 15 is 0 Å². The molecule has 2 nitrogen and oxygen atoms in total. The highest BCUT2D eigenvalue weighted by Gasteiger charge is 2.18. The average molecular weight is 182 g/mol. The first-order chi connectivity index (χ1) is 6.45. The van der Waals surface area contributed by atoms with Gasteiger partial charge in [0.1, 0.15) is 0 Å². The smallest absolute Gasteiger partial charge is 0.0159 e. The zero-order valence-corrected chi connectivity index (χ0v) is 8.60. The molecule has 2 rings (SSSR count). The van der Waals surface area contributed by atoms with Crippen LogP contribution in [0.15, 0.2) is 0 Å². The molecule has 0 spiro atoms. The summed E-state index contributed by atoms with van der Waals surface area (Å²) in [5.74, 6) is 0.986. The molecule has 0 amide bonds. The zero-order valence-electron chi connectivity index (χ0n) is 8.60. The summed E-state index contributed by atoms with van der Waals surface area (Å²) in [5, 5.41) is 2.46. The minimum absolute atomic E-state index is 0.986. The van der Waals surface area contributed by atoms with Crippen LogP contribution >= 0.6 is 0 Å². The number of rotatable bonds is 2. The molecule has 1 saturated heterocycles. The molecule has 0 atom stereocenters. The molecule has 0 aromatic rings. The molecule has 76 valence electrons. The second-order valence-corrected chi connectivity index (χ2v) is 4.57. The van der Waals surface area contributed by atoms with Gasteiger partial charge in [0.2, 0.25) is 0 Å². The molecule has 2 heteroatoms. The summed E-state index contributed by atoms with van der Waals surface area (Å²) in [7, 11) is 0. The molecule has 0 bridgehead atoms. The standard InChI is InChI=1S/C11H22N2/c1-2-6-11(7-3-1)10-13-9-5-4-8-12-13/h11-12H,1-10H2. The molecular weight excluding hydrogens is 160 g/mol. The van der Waals surface area contributed by atoms with Gasteiger partial charge < -0.3 is 0 Å². The van der Waals surface area contributed by atoms with Gasteiger partial charge in [-0.25, -0.2) is 5.01 Å². The predicted octanol–water partition coefficient (Wildman–Crippen LogP) is 2.17. The highest BCUT2D eigenvalue weighted by atomic mass is 15.5. The minimum Gasteiger partial charge on any atom is -0.255 e. The minimum atomic E-state index is 0.986. The Balaban J connectivity index is 1.69. The van der Waals surface area contributed by atoms with Gasteiger partial charge in [-0.15, -0.1) is 0 Å². The Labute approximate surface area is 81.7 Å². The van der Waals surface area contributed by atoms with Gasteiger partial charge >= 0.3 is 0 Å². The van der Waals surface area contributed by atoms with E-state index in [9.17, 15) is 0 Å². The summed E-state index contributed by atoms with van der Waals surface area (Å²) in [6.07, 6.45) is 10.1. The Morgan fingerprint density at radius 2 is 1.85 bits per heavy atom. The quantitative estimate of drug-likeness (QED) is 0.704. The molecule has 0 aromatic carbocycles. The van der Waals surface area contributed by atoms with Crippen molar-refractivity contribution in [2.45, 2.75) is 44.9 Å². The van der Waals surface area contributed by atoms with E-state index in [1.54, 1.807) is 0 Å². The van der Waals surface area contributed by atoms with E-state index in [0.29, 0.717) is 0 Å². The van der Waals surface area contributed by atoms with Gasteiger partial charge in [-0.3, -0.25) is 5.43 Å². The lowest BCUT2D eigenvalue weighted by atomic mass is 9.89. The van der Waals surface area contributed by atoms with E-state index in [-0.39, 0.29) is 0 Å². The van der Waals surface area contributed by atoms with Crippen LogP contribution in [0.2, 0.25) is 0 Å². The van der Waals surface area contributed by atoms with Crippen LogP contribution in [-0.4, -0.2) is 24.6 Å². The van der Waals surface area contributed by atoms with Gasteiger partial charge in [0.05, 0.1) is 0 Å². The van der Waals surface area contributed by atoms with Crippen molar-refractivity contribution in [2.24, 2.45) is 5.92 Å². The third kappa shape index (κ3) is 2.96. The first-order valence-corrected chi connectivity index (χ1v) is 5.93. The second kappa shape index (κ2) is 4.97. The van der Waals surface area contributed by atoms with Crippen LogP contribution in [0.25, 0.3) is 0 Å². The number of nitrogens with one attached hydrogen (secondary N) is 1. The maximum Gasteiger partial charge on any atom is 0.0159 e. The van der Waals surface area contributed by atoms with E-state index in [0.717, 1.165) is 5.92 Å². The summed E-state index contributed by atoms with van der Waals surface area (Å²) in [6.45, 7) is 3.78. The van der Waals surface area contributed by atoms with E-state index in [2.05, 4.69) is 10.4 Å². The Kier molecular flexibility index (Phi) is 3.62. The molecule has 0 radical (unpaired) electrons. The third-order valence-corrected chi connectivity index (χ3v) is 3.39. The van der Waals surface area contributed by atoms with Crippen molar-refractivity contribution < 1.29 is 0 Å². The Hall–Kier alpha value is -0.0800. The normalized spacial score (nSPS) is 27.7. The summed E-state index contributed by atoms with van der Waals surface area (Å²) < 4.78 is 0. The van der Waals surface area contributed by atoms with Gasteiger partial charge in [0.25, 0.3) is 0 Å². The fraction of sp³-hybridized carbons (Fsp3) is 1.00. The van der Waals surface area contributed by atoms with E-state index in [4.69, 9.17) is 0 Å². The molecule has 0 unspecified atom stereocenters. The van der Waals surface area contributed by atoms with E-state index in [1.165, 1.54) is 64.6 Å². The molecule has 2 aliphatic rings. The lowest BCUT2D eigenvalue weighted by molar-refractivity contribution is 0.115. The fourth-order valence-corrected chi connectivity index (χ4v) is 2.58. The van der Waals surface area contributed by atoms with Crippen LogP contribution in [0, 0.1) is 5.92 Å². The van der Waals surface area contributed by atoms with Crippen molar-refractivity contribution in [1.29, 1.82) is 0 Å². The van der Waals surface area contributed by atoms with Crippen LogP contribution in [-0.2, 0) is 0 Å². The summed E-state index contributed by atoms with van der Waals surface area (Å²) in [5.41, 5.74) is 3.50. The maximum absolute atomic E-state index is 3.50. The number of hydrazine groups is 1. The van der Waals surface area contributed by atoms with Crippen molar-refractivity contribution in [3.8, 4) is 0 Å². The second-order valence-electron chi connectivity index (χ2n) is 4.57. The molecule has 0 aromatic heterocycles. The van der Waals surface area contributed by atoms with Crippen LogP contribution < -0.4 is 5.43 Å². The van der Waals surface area contributed by atoms with E-state index < -0.39 is 0 Å². The van der Waals surface area contributed by atoms with Crippen LogP contribution in [0.1, 0.15) is 44.9 Å². The molecular formula is C11H22N2. The molecule has 1 aliphatic heterocycles. The maximum atomic E-state index is 3.50. The summed E-state index contributed by atoms with van der Waals surface area (Å²) >= 11 is 0. The molecule has 1 aliphatic carbocycles. The largest absolute Gasteiger partial charge is 0.255 e. The zero-order chi connectivity index (χ0) is 8.93. The van der Waals surface area contributed by atoms with Gasteiger partial charge in [-0.05, 0) is 31.6 Å². The first-order valence-electron chi connectivity index (χ1n) is 5.93. The summed E-state index contributed by atoms with van der Waals surface area (Å²) in [6, 6.07) is 0. The van der Waals surface area contributed by atoms with Crippen molar-refractivity contribution >= 4 is 0 Å². The number of hydrogen-bond acceptors (Lipinski definition) is 2. The predicted molar refractivity (Wildman–Crippen MR) is 55.4 cm³/mol. The monoisotopic (exact) mass is 182 g/mol. The van der Waals surface area contributed by atoms with Crippen molar-refractivity contribution in [2.75, 3.05) is 19.6 Å². The van der Waals surface area contributed by atoms with Crippen LogP contribution in [0.4, 0.5) is 0 Å². The highest BCUT2D eigenvalue weighted by Crippen LogP contribution is 2.24. The lowest BCUT2D eigenvalue weighted by Gasteiger charge is -2.32. The average Bonchev–Trinajstić information content (AvgIpc) is 2.21. The van der Waals surface area contributed by atoms with Crippen molar-refractivity contribution in [1.82, 2.24) is 10.4 Å². The number of hydrogen-bond donors (Lipinski definition) is 1.